The number of methoxy groups -OCH3 is 1. The number of ether oxygens (including phenoxy) is 1. The Morgan fingerprint density at radius 1 is 1.06 bits per heavy atom. The Kier molecular flexibility index (Phi) is 6.52. The van der Waals surface area contributed by atoms with Crippen LogP contribution in [0, 0.1) is 0 Å². The summed E-state index contributed by atoms with van der Waals surface area (Å²) in [5, 5.41) is 13.8. The van der Waals surface area contributed by atoms with Crippen molar-refractivity contribution in [3.63, 3.8) is 0 Å². The van der Waals surface area contributed by atoms with E-state index in [-0.39, 0.29) is 17.5 Å². The number of carbonyl (C=O) groups is 1. The molecular formula is C26H28N4O5S. The molecule has 10 heteroatoms. The number of hydrogen-bond donors (Lipinski definition) is 2. The monoisotopic (exact) mass is 508 g/mol. The van der Waals surface area contributed by atoms with Gasteiger partial charge in [-0.1, -0.05) is 30.3 Å². The van der Waals surface area contributed by atoms with Gasteiger partial charge in [-0.25, -0.2) is 18.4 Å². The fourth-order valence-corrected chi connectivity index (χ4v) is 6.09. The van der Waals surface area contributed by atoms with Crippen LogP contribution in [0.5, 0.6) is 5.75 Å². The van der Waals surface area contributed by atoms with Crippen molar-refractivity contribution in [2.75, 3.05) is 32.2 Å². The van der Waals surface area contributed by atoms with E-state index in [4.69, 9.17) is 4.74 Å². The molecule has 0 unspecified atom stereocenters. The average Bonchev–Trinajstić information content (AvgIpc) is 3.58. The number of rotatable bonds is 8. The summed E-state index contributed by atoms with van der Waals surface area (Å²) in [6, 6.07) is 19.4. The molecule has 0 spiro atoms. The molecule has 5 rings (SSSR count). The van der Waals surface area contributed by atoms with Gasteiger partial charge < -0.3 is 15.2 Å². The lowest BCUT2D eigenvalue weighted by Gasteiger charge is -2.25. The summed E-state index contributed by atoms with van der Waals surface area (Å²) in [4.78, 5) is 17.9. The zero-order chi connectivity index (χ0) is 25.3. The maximum absolute atomic E-state index is 13.2. The van der Waals surface area contributed by atoms with Crippen LogP contribution in [-0.2, 0) is 20.2 Å². The number of aromatic nitrogens is 1. The summed E-state index contributed by atoms with van der Waals surface area (Å²) in [7, 11) is -2.14. The Bertz CT molecular complexity index is 1360. The lowest BCUT2D eigenvalue weighted by atomic mass is 9.95. The number of pyridine rings is 1. The van der Waals surface area contributed by atoms with Crippen molar-refractivity contribution in [1.29, 1.82) is 0 Å². The highest BCUT2D eigenvalue weighted by Gasteiger charge is 2.51. The van der Waals surface area contributed by atoms with Crippen LogP contribution in [0.25, 0.3) is 11.3 Å². The van der Waals surface area contributed by atoms with Gasteiger partial charge in [-0.3, -0.25) is 4.79 Å². The van der Waals surface area contributed by atoms with Crippen LogP contribution in [0.3, 0.4) is 0 Å². The molecule has 1 aliphatic heterocycles. The van der Waals surface area contributed by atoms with E-state index in [9.17, 15) is 18.3 Å². The smallest absolute Gasteiger partial charge is 0.256 e. The summed E-state index contributed by atoms with van der Waals surface area (Å²) in [6.45, 7) is 0.488. The molecule has 3 aromatic rings. The van der Waals surface area contributed by atoms with Crippen LogP contribution in [0.15, 0.2) is 71.6 Å². The predicted molar refractivity (Wildman–Crippen MR) is 135 cm³/mol. The first-order valence-corrected chi connectivity index (χ1v) is 13.2. The summed E-state index contributed by atoms with van der Waals surface area (Å²) in [5.74, 6) is 1.08. The van der Waals surface area contributed by atoms with E-state index >= 15 is 0 Å². The predicted octanol–water partition coefficient (Wildman–Crippen LogP) is 2.99. The first-order valence-electron chi connectivity index (χ1n) is 11.8. The van der Waals surface area contributed by atoms with E-state index in [1.54, 1.807) is 31.4 Å². The Balaban J connectivity index is 1.32. The highest BCUT2D eigenvalue weighted by molar-refractivity contribution is 7.89. The van der Waals surface area contributed by atoms with Crippen molar-refractivity contribution in [1.82, 2.24) is 14.4 Å². The molecule has 1 amide bonds. The van der Waals surface area contributed by atoms with E-state index in [1.165, 1.54) is 21.6 Å². The number of aliphatic hydroxyl groups excluding tert-OH is 1. The first-order chi connectivity index (χ1) is 17.4. The van der Waals surface area contributed by atoms with Crippen LogP contribution in [0.2, 0.25) is 0 Å². The van der Waals surface area contributed by atoms with Gasteiger partial charge in [-0.2, -0.15) is 0 Å². The van der Waals surface area contributed by atoms with Gasteiger partial charge in [0.25, 0.3) is 10.0 Å². The number of hydrogen-bond acceptors (Lipinski definition) is 7. The van der Waals surface area contributed by atoms with E-state index in [1.807, 2.05) is 30.3 Å². The molecule has 2 fully saturated rings. The third-order valence-corrected chi connectivity index (χ3v) is 8.62. The maximum atomic E-state index is 13.2. The molecule has 188 valence electrons. The Morgan fingerprint density at radius 3 is 2.42 bits per heavy atom. The number of carbonyl (C=O) groups excluding carboxylic acids is 1. The third kappa shape index (κ3) is 4.48. The highest BCUT2D eigenvalue weighted by atomic mass is 32.2. The number of nitrogens with one attached hydrogen (secondary N) is 1. The molecule has 1 aliphatic carbocycles. The van der Waals surface area contributed by atoms with Gasteiger partial charge in [0.1, 0.15) is 18.3 Å². The minimum atomic E-state index is -3.75. The molecule has 1 saturated carbocycles. The number of benzene rings is 2. The second-order valence-corrected chi connectivity index (χ2v) is 10.8. The molecule has 2 aromatic carbocycles. The van der Waals surface area contributed by atoms with Crippen molar-refractivity contribution in [2.24, 2.45) is 0 Å². The largest absolute Gasteiger partial charge is 0.497 e. The Labute approximate surface area is 210 Å². The first kappa shape index (κ1) is 24.4. The lowest BCUT2D eigenvalue weighted by Crippen LogP contribution is -2.41. The molecule has 2 aliphatic rings. The molecule has 0 radical (unpaired) electrons. The quantitative estimate of drug-likeness (QED) is 0.481. The summed E-state index contributed by atoms with van der Waals surface area (Å²) in [5.41, 5.74) is 1.73. The van der Waals surface area contributed by atoms with Crippen LogP contribution in [-0.4, -0.2) is 60.8 Å². The summed E-state index contributed by atoms with van der Waals surface area (Å²) in [6.07, 6.45) is 2.21. The van der Waals surface area contributed by atoms with Gasteiger partial charge in [0.15, 0.2) is 0 Å². The SMILES string of the molecule is COc1ccc(C2(C(=O)Nc3cccc(-c4ccc(S(=O)(=O)N5CCCN5CO)cc4)n3)CC2)cc1. The minimum Gasteiger partial charge on any atom is -0.497 e. The average molecular weight is 509 g/mol. The van der Waals surface area contributed by atoms with Crippen molar-refractivity contribution in [3.8, 4) is 17.0 Å². The van der Waals surface area contributed by atoms with Crippen molar-refractivity contribution < 1.29 is 23.1 Å². The van der Waals surface area contributed by atoms with Crippen LogP contribution in [0.1, 0.15) is 24.8 Å². The maximum Gasteiger partial charge on any atom is 0.256 e. The molecule has 9 nitrogen and oxygen atoms in total. The lowest BCUT2D eigenvalue weighted by molar-refractivity contribution is -0.118. The fraction of sp³-hybridized carbons (Fsp3) is 0.308. The number of anilines is 1. The second-order valence-electron chi connectivity index (χ2n) is 8.97. The zero-order valence-corrected chi connectivity index (χ0v) is 20.7. The van der Waals surface area contributed by atoms with Crippen molar-refractivity contribution in [3.05, 3.63) is 72.3 Å². The summed E-state index contributed by atoms with van der Waals surface area (Å²) < 4.78 is 32.4. The summed E-state index contributed by atoms with van der Waals surface area (Å²) >= 11 is 0. The molecule has 0 atom stereocenters. The second kappa shape index (κ2) is 9.62. The van der Waals surface area contributed by atoms with Gasteiger partial charge in [-0.15, -0.1) is 4.41 Å². The zero-order valence-electron chi connectivity index (χ0n) is 19.9. The standard InChI is InChI=1S/C26H28N4O5S/c1-35-21-10-8-20(9-11-21)26(14-15-26)25(32)28-24-5-2-4-23(27-24)19-6-12-22(13-7-19)36(33,34)30-17-3-16-29(30)18-31/h2,4-13,31H,3,14-18H2,1H3,(H,27,28,32). The van der Waals surface area contributed by atoms with Crippen molar-refractivity contribution >= 4 is 21.7 Å². The number of hydrazine groups is 1. The van der Waals surface area contributed by atoms with Gasteiger partial charge >= 0.3 is 0 Å². The van der Waals surface area contributed by atoms with E-state index in [2.05, 4.69) is 10.3 Å². The van der Waals surface area contributed by atoms with Crippen LogP contribution >= 0.6 is 0 Å². The minimum absolute atomic E-state index is 0.0993. The molecule has 0 bridgehead atoms. The molecule has 2 N–H and O–H groups in total. The van der Waals surface area contributed by atoms with E-state index in [0.29, 0.717) is 31.0 Å². The Morgan fingerprint density at radius 2 is 1.78 bits per heavy atom. The van der Waals surface area contributed by atoms with Crippen LogP contribution in [0.4, 0.5) is 5.82 Å². The van der Waals surface area contributed by atoms with E-state index < -0.39 is 15.4 Å². The van der Waals surface area contributed by atoms with E-state index in [0.717, 1.165) is 29.7 Å². The third-order valence-electron chi connectivity index (χ3n) is 6.79. The molecular weight excluding hydrogens is 480 g/mol. The number of amides is 1. The highest BCUT2D eigenvalue weighted by Crippen LogP contribution is 2.49. The molecule has 36 heavy (non-hydrogen) atoms. The number of aliphatic hydroxyl groups is 1. The van der Waals surface area contributed by atoms with Crippen LogP contribution < -0.4 is 10.1 Å². The normalized spacial score (nSPS) is 17.6. The molecule has 1 aromatic heterocycles. The van der Waals surface area contributed by atoms with Gasteiger partial charge in [0.2, 0.25) is 5.91 Å². The van der Waals surface area contributed by atoms with Gasteiger partial charge in [0.05, 0.1) is 23.1 Å². The molecule has 2 heterocycles. The molecule has 1 saturated heterocycles. The van der Waals surface area contributed by atoms with Gasteiger partial charge in [-0.05, 0) is 61.2 Å². The number of sulfonamides is 1. The fourth-order valence-electron chi connectivity index (χ4n) is 4.56. The number of nitrogens with zero attached hydrogens (tertiary/aromatic N) is 3. The van der Waals surface area contributed by atoms with Crippen molar-refractivity contribution in [2.45, 2.75) is 29.6 Å². The topological polar surface area (TPSA) is 112 Å². The Hall–Kier alpha value is -3.31. The van der Waals surface area contributed by atoms with Gasteiger partial charge in [0, 0.05) is 18.7 Å².